The number of thioether (sulfide) groups is 1. The summed E-state index contributed by atoms with van der Waals surface area (Å²) in [6.07, 6.45) is -10.4. The van der Waals surface area contributed by atoms with Gasteiger partial charge in [0.05, 0.1) is 5.56 Å². The molecule has 0 aromatic heterocycles. The number of carbonyl (C=O) groups is 5. The van der Waals surface area contributed by atoms with Crippen LogP contribution in [0.4, 0.5) is 0 Å². The van der Waals surface area contributed by atoms with E-state index in [9.17, 15) is 29.1 Å². The fourth-order valence-corrected chi connectivity index (χ4v) is 5.69. The number of rotatable bonds is 12. The maximum atomic E-state index is 12.6. The molecule has 0 saturated carbocycles. The van der Waals surface area contributed by atoms with Crippen molar-refractivity contribution in [3.05, 3.63) is 35.9 Å². The zero-order chi connectivity index (χ0) is 32.4. The fraction of sp³-hybridized carbons (Fsp3) is 0.621. The second-order valence-corrected chi connectivity index (χ2v) is 11.4. The summed E-state index contributed by atoms with van der Waals surface area (Å²) in [6.45, 7) is 5.77. The smallest absolute Gasteiger partial charge is 0.338 e. The van der Waals surface area contributed by atoms with Gasteiger partial charge in [-0.25, -0.2) is 4.79 Å². The van der Waals surface area contributed by atoms with Crippen molar-refractivity contribution >= 4 is 41.6 Å². The van der Waals surface area contributed by atoms with Crippen molar-refractivity contribution in [2.45, 2.75) is 95.5 Å². The molecular weight excluding hydrogens is 604 g/mol. The van der Waals surface area contributed by atoms with E-state index < -0.39 is 90.9 Å². The number of aliphatic hydroxyl groups excluding tert-OH is 1. The van der Waals surface area contributed by atoms with Crippen LogP contribution < -0.4 is 0 Å². The lowest BCUT2D eigenvalue weighted by Gasteiger charge is -2.46. The molecule has 15 heteroatoms. The molecule has 14 nitrogen and oxygen atoms in total. The van der Waals surface area contributed by atoms with Gasteiger partial charge in [0, 0.05) is 34.1 Å². The summed E-state index contributed by atoms with van der Waals surface area (Å²) < 4.78 is 45.3. The molecule has 1 N–H and O–H groups in total. The van der Waals surface area contributed by atoms with E-state index in [-0.39, 0.29) is 18.6 Å². The Balaban J connectivity index is 1.95. The largest absolute Gasteiger partial charge is 0.463 e. The first-order valence-electron chi connectivity index (χ1n) is 14.0. The molecule has 0 amide bonds. The number of esters is 5. The summed E-state index contributed by atoms with van der Waals surface area (Å²) in [5.41, 5.74) is -0.196. The average Bonchev–Trinajstić information content (AvgIpc) is 2.95. The number of ether oxygens (including phenoxy) is 8. The molecule has 0 unspecified atom stereocenters. The van der Waals surface area contributed by atoms with Crippen LogP contribution in [-0.4, -0.2) is 108 Å². The Morgan fingerprint density at radius 1 is 0.795 bits per heavy atom. The Bertz CT molecular complexity index is 1150. The molecule has 0 aliphatic carbocycles. The fourth-order valence-electron chi connectivity index (χ4n) is 4.77. The van der Waals surface area contributed by atoms with Gasteiger partial charge in [0.15, 0.2) is 18.5 Å². The first kappa shape index (κ1) is 35.2. The van der Waals surface area contributed by atoms with Crippen molar-refractivity contribution in [2.75, 3.05) is 19.0 Å². The SMILES string of the molecule is CCS[C@@H]1C[C@@H](OC(C)=O)[C@H](O[C@H]2O[C@H](COC(=O)c3ccccc3)[C@@H](O)[C@H](OC(C)=O)[C@H]2OC(C)=O)[C@@H](COC(C)=O)O1. The van der Waals surface area contributed by atoms with Gasteiger partial charge < -0.3 is 43.0 Å². The van der Waals surface area contributed by atoms with Gasteiger partial charge in [-0.2, -0.15) is 0 Å². The van der Waals surface area contributed by atoms with E-state index in [1.165, 1.54) is 37.7 Å². The molecule has 2 aliphatic rings. The Labute approximate surface area is 258 Å². The molecule has 9 atom stereocenters. The maximum Gasteiger partial charge on any atom is 0.338 e. The van der Waals surface area contributed by atoms with Gasteiger partial charge in [0.2, 0.25) is 0 Å². The van der Waals surface area contributed by atoms with E-state index in [2.05, 4.69) is 0 Å². The van der Waals surface area contributed by atoms with Crippen LogP contribution in [0.15, 0.2) is 30.3 Å². The predicted octanol–water partition coefficient (Wildman–Crippen LogP) is 1.54. The molecule has 2 saturated heterocycles. The number of carbonyl (C=O) groups excluding carboxylic acids is 5. The Kier molecular flexibility index (Phi) is 13.4. The van der Waals surface area contributed by atoms with E-state index in [4.69, 9.17) is 37.9 Å². The van der Waals surface area contributed by atoms with E-state index in [1.807, 2.05) is 6.92 Å². The first-order chi connectivity index (χ1) is 20.9. The Morgan fingerprint density at radius 2 is 1.41 bits per heavy atom. The van der Waals surface area contributed by atoms with Gasteiger partial charge in [-0.05, 0) is 17.9 Å². The van der Waals surface area contributed by atoms with E-state index in [0.717, 1.165) is 13.8 Å². The van der Waals surface area contributed by atoms with E-state index in [0.29, 0.717) is 5.75 Å². The molecule has 2 heterocycles. The van der Waals surface area contributed by atoms with Crippen LogP contribution in [-0.2, 0) is 57.1 Å². The van der Waals surface area contributed by atoms with Crippen molar-refractivity contribution in [1.29, 1.82) is 0 Å². The zero-order valence-electron chi connectivity index (χ0n) is 25.1. The van der Waals surface area contributed by atoms with Gasteiger partial charge in [0.25, 0.3) is 0 Å². The second-order valence-electron chi connectivity index (χ2n) is 9.99. The van der Waals surface area contributed by atoms with Crippen LogP contribution in [0.5, 0.6) is 0 Å². The molecule has 1 aromatic rings. The van der Waals surface area contributed by atoms with Crippen LogP contribution in [0.2, 0.25) is 0 Å². The van der Waals surface area contributed by atoms with Crippen molar-refractivity contribution in [2.24, 2.45) is 0 Å². The van der Waals surface area contributed by atoms with Gasteiger partial charge in [-0.3, -0.25) is 19.2 Å². The summed E-state index contributed by atoms with van der Waals surface area (Å²) in [5.74, 6) is -2.85. The third-order valence-electron chi connectivity index (χ3n) is 6.51. The normalized spacial score (nSPS) is 30.0. The molecule has 0 spiro atoms. The van der Waals surface area contributed by atoms with E-state index in [1.54, 1.807) is 18.2 Å². The molecule has 44 heavy (non-hydrogen) atoms. The molecule has 0 radical (unpaired) electrons. The molecule has 1 aromatic carbocycles. The monoisotopic (exact) mass is 642 g/mol. The third kappa shape index (κ3) is 10.2. The van der Waals surface area contributed by atoms with Gasteiger partial charge in [-0.1, -0.05) is 25.1 Å². The predicted molar refractivity (Wildman–Crippen MR) is 151 cm³/mol. The summed E-state index contributed by atoms with van der Waals surface area (Å²) in [4.78, 5) is 60.5. The minimum Gasteiger partial charge on any atom is -0.463 e. The summed E-state index contributed by atoms with van der Waals surface area (Å²) in [7, 11) is 0. The molecular formula is C29H38O14S. The highest BCUT2D eigenvalue weighted by atomic mass is 32.2. The van der Waals surface area contributed by atoms with Crippen LogP contribution >= 0.6 is 11.8 Å². The number of hydrogen-bond donors (Lipinski definition) is 1. The highest BCUT2D eigenvalue weighted by molar-refractivity contribution is 7.99. The lowest BCUT2D eigenvalue weighted by Crippen LogP contribution is -2.64. The van der Waals surface area contributed by atoms with Crippen molar-refractivity contribution < 1.29 is 67.0 Å². The number of aliphatic hydroxyl groups is 1. The number of benzene rings is 1. The van der Waals surface area contributed by atoms with Crippen LogP contribution in [0.3, 0.4) is 0 Å². The lowest BCUT2D eigenvalue weighted by atomic mass is 9.97. The quantitative estimate of drug-likeness (QED) is 0.256. The van der Waals surface area contributed by atoms with Crippen LogP contribution in [0, 0.1) is 0 Å². The van der Waals surface area contributed by atoms with Crippen molar-refractivity contribution in [3.8, 4) is 0 Å². The molecule has 244 valence electrons. The van der Waals surface area contributed by atoms with Gasteiger partial charge in [0.1, 0.15) is 49.2 Å². The molecule has 0 bridgehead atoms. The zero-order valence-corrected chi connectivity index (χ0v) is 25.9. The van der Waals surface area contributed by atoms with E-state index >= 15 is 0 Å². The summed E-state index contributed by atoms with van der Waals surface area (Å²) >= 11 is 1.44. The maximum absolute atomic E-state index is 12.6. The van der Waals surface area contributed by atoms with Crippen LogP contribution in [0.25, 0.3) is 0 Å². The highest BCUT2D eigenvalue weighted by Gasteiger charge is 2.53. The standard InChI is InChI=1S/C29H38O14S/c1-6-44-23-12-20(38-16(3)31)25(22(41-23)14-36-15(2)30)43-29-27(40-18(5)33)26(39-17(4)32)24(34)21(42-29)13-37-28(35)19-10-8-7-9-11-19/h7-11,20-27,29,34H,6,12-14H2,1-5H3/t20-,21-,22-,23-,24-,25+,26+,27-,29-/m1/s1. The Morgan fingerprint density at radius 3 is 2.00 bits per heavy atom. The second kappa shape index (κ2) is 16.7. The van der Waals surface area contributed by atoms with Gasteiger partial charge >= 0.3 is 29.8 Å². The topological polar surface area (TPSA) is 179 Å². The summed E-state index contributed by atoms with van der Waals surface area (Å²) in [6, 6.07) is 8.09. The Hall–Kier alpha value is -3.24. The van der Waals surface area contributed by atoms with Gasteiger partial charge in [-0.15, -0.1) is 11.8 Å². The minimum atomic E-state index is -1.62. The summed E-state index contributed by atoms with van der Waals surface area (Å²) in [5, 5.41) is 11.1. The molecule has 3 rings (SSSR count). The highest BCUT2D eigenvalue weighted by Crippen LogP contribution is 2.35. The molecule has 2 aliphatic heterocycles. The van der Waals surface area contributed by atoms with Crippen LogP contribution in [0.1, 0.15) is 51.4 Å². The first-order valence-corrected chi connectivity index (χ1v) is 15.1. The van der Waals surface area contributed by atoms with Crippen molar-refractivity contribution in [3.63, 3.8) is 0 Å². The lowest BCUT2D eigenvalue weighted by molar-refractivity contribution is -0.334. The minimum absolute atomic E-state index is 0.193. The molecule has 2 fully saturated rings. The van der Waals surface area contributed by atoms with Crippen molar-refractivity contribution in [1.82, 2.24) is 0 Å². The third-order valence-corrected chi connectivity index (χ3v) is 7.52. The number of hydrogen-bond acceptors (Lipinski definition) is 15. The average molecular weight is 643 g/mol.